The van der Waals surface area contributed by atoms with E-state index in [9.17, 15) is 0 Å². The van der Waals surface area contributed by atoms with E-state index in [1.807, 2.05) is 6.07 Å². The standard InChI is InChI=1S/C14H14ClN3/c15-13-5-10(6-16)7-17-14(13)18-8-11-3-1-2-4-12(11)9-18/h1-5,7H,6,8-9,16H2. The van der Waals surface area contributed by atoms with E-state index in [0.717, 1.165) is 24.5 Å². The second-order valence-electron chi connectivity index (χ2n) is 4.48. The summed E-state index contributed by atoms with van der Waals surface area (Å²) in [4.78, 5) is 6.62. The quantitative estimate of drug-likeness (QED) is 0.902. The number of nitrogens with zero attached hydrogens (tertiary/aromatic N) is 2. The van der Waals surface area contributed by atoms with Gasteiger partial charge in [-0.1, -0.05) is 35.9 Å². The lowest BCUT2D eigenvalue weighted by molar-refractivity contribution is 0.853. The molecule has 0 amide bonds. The van der Waals surface area contributed by atoms with Crippen molar-refractivity contribution in [1.82, 2.24) is 4.98 Å². The lowest BCUT2D eigenvalue weighted by Crippen LogP contribution is -2.16. The van der Waals surface area contributed by atoms with Gasteiger partial charge < -0.3 is 10.6 Å². The van der Waals surface area contributed by atoms with Crippen LogP contribution >= 0.6 is 11.6 Å². The fourth-order valence-electron chi connectivity index (χ4n) is 2.30. The van der Waals surface area contributed by atoms with Crippen LogP contribution in [0.5, 0.6) is 0 Å². The van der Waals surface area contributed by atoms with Crippen LogP contribution in [0.4, 0.5) is 5.82 Å². The fourth-order valence-corrected chi connectivity index (χ4v) is 2.61. The predicted octanol–water partition coefficient (Wildman–Crippen LogP) is 2.71. The number of halogens is 1. The highest BCUT2D eigenvalue weighted by molar-refractivity contribution is 6.33. The number of fused-ring (bicyclic) bond motifs is 1. The smallest absolute Gasteiger partial charge is 0.147 e. The number of hydrogen-bond acceptors (Lipinski definition) is 3. The van der Waals surface area contributed by atoms with E-state index in [0.29, 0.717) is 11.6 Å². The normalized spacial score (nSPS) is 13.8. The lowest BCUT2D eigenvalue weighted by atomic mass is 10.1. The highest BCUT2D eigenvalue weighted by Gasteiger charge is 2.21. The molecular weight excluding hydrogens is 246 g/mol. The molecule has 18 heavy (non-hydrogen) atoms. The van der Waals surface area contributed by atoms with E-state index in [1.165, 1.54) is 11.1 Å². The molecule has 92 valence electrons. The van der Waals surface area contributed by atoms with Gasteiger partial charge in [-0.2, -0.15) is 0 Å². The van der Waals surface area contributed by atoms with Crippen molar-refractivity contribution < 1.29 is 0 Å². The predicted molar refractivity (Wildman–Crippen MR) is 73.5 cm³/mol. The molecule has 0 saturated carbocycles. The number of benzene rings is 1. The first kappa shape index (κ1) is 11.5. The minimum absolute atomic E-state index is 0.466. The second-order valence-corrected chi connectivity index (χ2v) is 4.89. The Hall–Kier alpha value is -1.58. The average molecular weight is 260 g/mol. The molecule has 3 nitrogen and oxygen atoms in total. The molecule has 0 fully saturated rings. The van der Waals surface area contributed by atoms with Crippen molar-refractivity contribution in [2.75, 3.05) is 4.90 Å². The van der Waals surface area contributed by atoms with Gasteiger partial charge in [-0.3, -0.25) is 0 Å². The van der Waals surface area contributed by atoms with E-state index in [-0.39, 0.29) is 0 Å². The molecule has 0 bridgehead atoms. The Morgan fingerprint density at radius 2 is 1.89 bits per heavy atom. The van der Waals surface area contributed by atoms with Crippen LogP contribution in [-0.2, 0) is 19.6 Å². The Bertz CT molecular complexity index is 558. The molecule has 0 saturated heterocycles. The number of anilines is 1. The number of rotatable bonds is 2. The van der Waals surface area contributed by atoms with Gasteiger partial charge in [-0.05, 0) is 22.8 Å². The van der Waals surface area contributed by atoms with Gasteiger partial charge in [-0.15, -0.1) is 0 Å². The molecule has 1 aromatic carbocycles. The SMILES string of the molecule is NCc1cnc(N2Cc3ccccc3C2)c(Cl)c1. The molecule has 0 aliphatic carbocycles. The van der Waals surface area contributed by atoms with Crippen molar-refractivity contribution in [2.24, 2.45) is 5.73 Å². The Morgan fingerprint density at radius 1 is 1.22 bits per heavy atom. The zero-order chi connectivity index (χ0) is 12.5. The van der Waals surface area contributed by atoms with Gasteiger partial charge in [0.05, 0.1) is 5.02 Å². The van der Waals surface area contributed by atoms with E-state index >= 15 is 0 Å². The minimum Gasteiger partial charge on any atom is -0.347 e. The van der Waals surface area contributed by atoms with Gasteiger partial charge in [0, 0.05) is 25.8 Å². The summed E-state index contributed by atoms with van der Waals surface area (Å²) in [6.07, 6.45) is 1.80. The zero-order valence-corrected chi connectivity index (χ0v) is 10.7. The topological polar surface area (TPSA) is 42.1 Å². The third-order valence-corrected chi connectivity index (χ3v) is 3.53. The maximum Gasteiger partial charge on any atom is 0.147 e. The highest BCUT2D eigenvalue weighted by atomic mass is 35.5. The van der Waals surface area contributed by atoms with Crippen LogP contribution in [0.2, 0.25) is 5.02 Å². The first-order valence-corrected chi connectivity index (χ1v) is 6.32. The lowest BCUT2D eigenvalue weighted by Gasteiger charge is -2.18. The zero-order valence-electron chi connectivity index (χ0n) is 9.94. The summed E-state index contributed by atoms with van der Waals surface area (Å²) in [5.74, 6) is 0.838. The summed E-state index contributed by atoms with van der Waals surface area (Å²) in [5.41, 5.74) is 9.23. The van der Waals surface area contributed by atoms with Crippen molar-refractivity contribution >= 4 is 17.4 Å². The van der Waals surface area contributed by atoms with Gasteiger partial charge in [0.15, 0.2) is 0 Å². The first-order valence-electron chi connectivity index (χ1n) is 5.94. The van der Waals surface area contributed by atoms with Crippen LogP contribution in [0.1, 0.15) is 16.7 Å². The fraction of sp³-hybridized carbons (Fsp3) is 0.214. The Labute approximate surface area is 111 Å². The first-order chi connectivity index (χ1) is 8.78. The summed E-state index contributed by atoms with van der Waals surface area (Å²) >= 11 is 6.27. The minimum atomic E-state index is 0.466. The Kier molecular flexibility index (Phi) is 2.94. The summed E-state index contributed by atoms with van der Waals surface area (Å²) < 4.78 is 0. The highest BCUT2D eigenvalue weighted by Crippen LogP contribution is 2.31. The molecule has 1 aromatic heterocycles. The molecule has 0 radical (unpaired) electrons. The molecule has 3 rings (SSSR count). The maximum absolute atomic E-state index is 6.27. The number of hydrogen-bond donors (Lipinski definition) is 1. The molecule has 0 unspecified atom stereocenters. The third-order valence-electron chi connectivity index (χ3n) is 3.25. The number of pyridine rings is 1. The Morgan fingerprint density at radius 3 is 2.44 bits per heavy atom. The number of nitrogens with two attached hydrogens (primary N) is 1. The van der Waals surface area contributed by atoms with Crippen molar-refractivity contribution in [3.05, 3.63) is 58.2 Å². The van der Waals surface area contributed by atoms with Crippen LogP contribution in [-0.4, -0.2) is 4.98 Å². The van der Waals surface area contributed by atoms with Crippen LogP contribution in [0, 0.1) is 0 Å². The molecule has 1 aliphatic rings. The molecular formula is C14H14ClN3. The van der Waals surface area contributed by atoms with Gasteiger partial charge in [0.1, 0.15) is 5.82 Å². The molecule has 2 heterocycles. The van der Waals surface area contributed by atoms with Crippen molar-refractivity contribution in [1.29, 1.82) is 0 Å². The van der Waals surface area contributed by atoms with E-state index in [1.54, 1.807) is 6.20 Å². The molecule has 0 atom stereocenters. The maximum atomic E-state index is 6.27. The van der Waals surface area contributed by atoms with Crippen LogP contribution < -0.4 is 10.6 Å². The monoisotopic (exact) mass is 259 g/mol. The van der Waals surface area contributed by atoms with E-state index in [2.05, 4.69) is 34.1 Å². The molecule has 4 heteroatoms. The summed E-state index contributed by atoms with van der Waals surface area (Å²) in [7, 11) is 0. The second kappa shape index (κ2) is 4.59. The van der Waals surface area contributed by atoms with Crippen LogP contribution in [0.3, 0.4) is 0 Å². The average Bonchev–Trinajstić information content (AvgIpc) is 2.81. The van der Waals surface area contributed by atoms with Crippen LogP contribution in [0.25, 0.3) is 0 Å². The van der Waals surface area contributed by atoms with Crippen molar-refractivity contribution in [3.8, 4) is 0 Å². The van der Waals surface area contributed by atoms with E-state index in [4.69, 9.17) is 17.3 Å². The largest absolute Gasteiger partial charge is 0.347 e. The molecule has 0 spiro atoms. The van der Waals surface area contributed by atoms with Crippen LogP contribution in [0.15, 0.2) is 36.5 Å². The summed E-state index contributed by atoms with van der Waals surface area (Å²) in [6, 6.07) is 10.3. The molecule has 1 aliphatic heterocycles. The van der Waals surface area contributed by atoms with Crippen molar-refractivity contribution in [3.63, 3.8) is 0 Å². The van der Waals surface area contributed by atoms with Gasteiger partial charge >= 0.3 is 0 Å². The summed E-state index contributed by atoms with van der Waals surface area (Å²) in [6.45, 7) is 2.20. The Balaban J connectivity index is 1.90. The molecule has 2 N–H and O–H groups in total. The van der Waals surface area contributed by atoms with Gasteiger partial charge in [0.2, 0.25) is 0 Å². The molecule has 2 aromatic rings. The third kappa shape index (κ3) is 1.96. The van der Waals surface area contributed by atoms with Crippen molar-refractivity contribution in [2.45, 2.75) is 19.6 Å². The van der Waals surface area contributed by atoms with E-state index < -0.39 is 0 Å². The number of aromatic nitrogens is 1. The van der Waals surface area contributed by atoms with Gasteiger partial charge in [0.25, 0.3) is 0 Å². The van der Waals surface area contributed by atoms with Gasteiger partial charge in [-0.25, -0.2) is 4.98 Å². The summed E-state index contributed by atoms with van der Waals surface area (Å²) in [5, 5.41) is 0.672.